The van der Waals surface area contributed by atoms with Gasteiger partial charge in [0.1, 0.15) is 11.4 Å². The fraction of sp³-hybridized carbons (Fsp3) is 0.533. The minimum atomic E-state index is -0.236. The van der Waals surface area contributed by atoms with Gasteiger partial charge in [-0.3, -0.25) is 9.69 Å². The Morgan fingerprint density at radius 3 is 2.95 bits per heavy atom. The van der Waals surface area contributed by atoms with Crippen LogP contribution in [0.3, 0.4) is 0 Å². The van der Waals surface area contributed by atoms with Gasteiger partial charge in [0.15, 0.2) is 5.78 Å². The number of hydrogen-bond donors (Lipinski definition) is 2. The fourth-order valence-electron chi connectivity index (χ4n) is 2.16. The number of ether oxygens (including phenoxy) is 1. The Morgan fingerprint density at radius 2 is 2.25 bits per heavy atom. The topological polar surface area (TPSA) is 61.8 Å². The van der Waals surface area contributed by atoms with Crippen molar-refractivity contribution in [1.82, 2.24) is 4.90 Å². The summed E-state index contributed by atoms with van der Waals surface area (Å²) in [7, 11) is 1.82. The fourth-order valence-corrected chi connectivity index (χ4v) is 2.16. The number of nitrogens with zero attached hydrogens (tertiary/aromatic N) is 1. The Balaban J connectivity index is 2.10. The lowest BCUT2D eigenvalue weighted by Gasteiger charge is -2.33. The summed E-state index contributed by atoms with van der Waals surface area (Å²) in [5, 5.41) is 12.1. The van der Waals surface area contributed by atoms with E-state index in [-0.39, 0.29) is 18.0 Å². The van der Waals surface area contributed by atoms with Crippen LogP contribution in [0.25, 0.3) is 0 Å². The summed E-state index contributed by atoms with van der Waals surface area (Å²) in [6.07, 6.45) is 0. The molecule has 0 aromatic heterocycles. The van der Waals surface area contributed by atoms with Crippen molar-refractivity contribution in [2.24, 2.45) is 0 Å². The highest BCUT2D eigenvalue weighted by molar-refractivity contribution is 5.98. The summed E-state index contributed by atoms with van der Waals surface area (Å²) in [4.78, 5) is 14.0. The molecule has 0 fully saturated rings. The molecule has 1 aromatic rings. The number of aliphatic hydroxyl groups is 1. The molecular weight excluding hydrogens is 256 g/mol. The van der Waals surface area contributed by atoms with Crippen LogP contribution in [-0.2, 0) is 0 Å². The second kappa shape index (κ2) is 5.81. The smallest absolute Gasteiger partial charge is 0.176 e. The van der Waals surface area contributed by atoms with Crippen molar-refractivity contribution >= 4 is 11.5 Å². The maximum absolute atomic E-state index is 12.2. The van der Waals surface area contributed by atoms with E-state index < -0.39 is 0 Å². The number of ketones is 1. The van der Waals surface area contributed by atoms with Crippen molar-refractivity contribution in [3.8, 4) is 5.75 Å². The van der Waals surface area contributed by atoms with Crippen molar-refractivity contribution in [3.05, 3.63) is 23.8 Å². The first-order chi connectivity index (χ1) is 9.41. The summed E-state index contributed by atoms with van der Waals surface area (Å²) in [5.74, 6) is 0.817. The van der Waals surface area contributed by atoms with E-state index in [9.17, 15) is 4.79 Å². The molecule has 5 nitrogen and oxygen atoms in total. The molecule has 0 amide bonds. The number of likely N-dealkylation sites (N-methyl/N-ethyl adjacent to an activating group) is 1. The van der Waals surface area contributed by atoms with Gasteiger partial charge < -0.3 is 15.2 Å². The highest BCUT2D eigenvalue weighted by atomic mass is 16.5. The molecule has 0 unspecified atom stereocenters. The average molecular weight is 278 g/mol. The summed E-state index contributed by atoms with van der Waals surface area (Å²) in [5.41, 5.74) is 1.28. The van der Waals surface area contributed by atoms with E-state index in [1.807, 2.05) is 33.0 Å². The van der Waals surface area contributed by atoms with E-state index in [1.54, 1.807) is 11.0 Å². The zero-order valence-corrected chi connectivity index (χ0v) is 12.3. The van der Waals surface area contributed by atoms with Gasteiger partial charge in [0.2, 0.25) is 0 Å². The number of Topliss-reactive ketones (excluding diaryl/α,β-unsaturated/α-hetero) is 1. The summed E-state index contributed by atoms with van der Waals surface area (Å²) in [6.45, 7) is 5.59. The minimum absolute atomic E-state index is 0.0374. The molecular formula is C15H22N2O3. The Hall–Kier alpha value is -1.59. The maximum Gasteiger partial charge on any atom is 0.176 e. The minimum Gasteiger partial charge on any atom is -0.484 e. The van der Waals surface area contributed by atoms with E-state index in [2.05, 4.69) is 5.32 Å². The number of hydrogen-bond acceptors (Lipinski definition) is 5. The van der Waals surface area contributed by atoms with Gasteiger partial charge in [-0.25, -0.2) is 0 Å². The van der Waals surface area contributed by atoms with E-state index >= 15 is 0 Å². The number of nitrogens with one attached hydrogen (secondary N) is 1. The van der Waals surface area contributed by atoms with E-state index in [1.165, 1.54) is 0 Å². The van der Waals surface area contributed by atoms with Gasteiger partial charge in [0.05, 0.1) is 25.4 Å². The monoisotopic (exact) mass is 278 g/mol. The number of carbonyl (C=O) groups is 1. The van der Waals surface area contributed by atoms with Crippen LogP contribution in [0.1, 0.15) is 24.2 Å². The largest absolute Gasteiger partial charge is 0.484 e. The number of carbonyl (C=O) groups excluding carboxylic acids is 1. The zero-order valence-electron chi connectivity index (χ0n) is 12.3. The Morgan fingerprint density at radius 1 is 1.50 bits per heavy atom. The first-order valence-corrected chi connectivity index (χ1v) is 6.81. The predicted octanol–water partition coefficient (Wildman–Crippen LogP) is 1.38. The predicted molar refractivity (Wildman–Crippen MR) is 78.6 cm³/mol. The maximum atomic E-state index is 12.2. The van der Waals surface area contributed by atoms with Gasteiger partial charge in [-0.1, -0.05) is 0 Å². The number of fused-ring (bicyclic) bond motifs is 1. The van der Waals surface area contributed by atoms with Crippen molar-refractivity contribution in [1.29, 1.82) is 0 Å². The van der Waals surface area contributed by atoms with Crippen LogP contribution < -0.4 is 10.1 Å². The first kappa shape index (κ1) is 14.8. The Labute approximate surface area is 119 Å². The first-order valence-electron chi connectivity index (χ1n) is 6.81. The molecule has 0 radical (unpaired) electrons. The molecule has 1 aliphatic heterocycles. The Bertz CT molecular complexity index is 500. The number of benzene rings is 1. The number of anilines is 1. The molecule has 1 aromatic carbocycles. The van der Waals surface area contributed by atoms with Crippen molar-refractivity contribution in [2.45, 2.75) is 19.4 Å². The molecule has 20 heavy (non-hydrogen) atoms. The van der Waals surface area contributed by atoms with Crippen molar-refractivity contribution in [2.75, 3.05) is 38.6 Å². The highest BCUT2D eigenvalue weighted by Crippen LogP contribution is 2.33. The van der Waals surface area contributed by atoms with E-state index in [0.29, 0.717) is 25.2 Å². The molecule has 2 rings (SSSR count). The molecule has 0 aliphatic carbocycles. The van der Waals surface area contributed by atoms with Crippen LogP contribution in [0.4, 0.5) is 5.69 Å². The molecule has 0 bridgehead atoms. The van der Waals surface area contributed by atoms with Crippen LogP contribution in [0, 0.1) is 0 Å². The molecule has 0 saturated heterocycles. The third kappa shape index (κ3) is 3.49. The van der Waals surface area contributed by atoms with Gasteiger partial charge in [-0.2, -0.15) is 0 Å². The highest BCUT2D eigenvalue weighted by Gasteiger charge is 2.26. The summed E-state index contributed by atoms with van der Waals surface area (Å²) < 4.78 is 5.86. The van der Waals surface area contributed by atoms with E-state index in [0.717, 1.165) is 11.4 Å². The molecule has 0 saturated carbocycles. The van der Waals surface area contributed by atoms with Gasteiger partial charge in [0, 0.05) is 12.1 Å². The SMILES string of the molecule is CN(CCO)CC(=O)c1ccc2c(c1)NCC(C)(C)O2. The number of aliphatic hydroxyl groups excluding tert-OH is 1. The van der Waals surface area contributed by atoms with Crippen molar-refractivity contribution in [3.63, 3.8) is 0 Å². The number of rotatable bonds is 5. The summed E-state index contributed by atoms with van der Waals surface area (Å²) in [6, 6.07) is 5.46. The van der Waals surface area contributed by atoms with Crippen LogP contribution in [0.15, 0.2) is 18.2 Å². The van der Waals surface area contributed by atoms with Crippen LogP contribution >= 0.6 is 0 Å². The standard InChI is InChI=1S/C15H22N2O3/c1-15(2)10-16-12-8-11(4-5-14(12)20-15)13(19)9-17(3)6-7-18/h4-5,8,16,18H,6-7,9-10H2,1-3H3. The molecule has 2 N–H and O–H groups in total. The lowest BCUT2D eigenvalue weighted by Crippen LogP contribution is -2.40. The van der Waals surface area contributed by atoms with Crippen molar-refractivity contribution < 1.29 is 14.6 Å². The van der Waals surface area contributed by atoms with Crippen LogP contribution in [-0.4, -0.2) is 54.7 Å². The van der Waals surface area contributed by atoms with Gasteiger partial charge in [-0.05, 0) is 39.1 Å². The lowest BCUT2D eigenvalue weighted by molar-refractivity contribution is 0.0935. The second-order valence-corrected chi connectivity index (χ2v) is 5.81. The van der Waals surface area contributed by atoms with E-state index in [4.69, 9.17) is 9.84 Å². The van der Waals surface area contributed by atoms with Crippen LogP contribution in [0.2, 0.25) is 0 Å². The third-order valence-electron chi connectivity index (χ3n) is 3.29. The van der Waals surface area contributed by atoms with Gasteiger partial charge in [0.25, 0.3) is 0 Å². The summed E-state index contributed by atoms with van der Waals surface area (Å²) >= 11 is 0. The third-order valence-corrected chi connectivity index (χ3v) is 3.29. The molecule has 0 atom stereocenters. The van der Waals surface area contributed by atoms with Gasteiger partial charge >= 0.3 is 0 Å². The average Bonchev–Trinajstić information content (AvgIpc) is 2.37. The molecule has 110 valence electrons. The lowest BCUT2D eigenvalue weighted by atomic mass is 10.0. The van der Waals surface area contributed by atoms with Gasteiger partial charge in [-0.15, -0.1) is 0 Å². The second-order valence-electron chi connectivity index (χ2n) is 5.81. The Kier molecular flexibility index (Phi) is 4.30. The molecule has 1 heterocycles. The normalized spacial score (nSPS) is 16.2. The van der Waals surface area contributed by atoms with Crippen LogP contribution in [0.5, 0.6) is 5.75 Å². The molecule has 0 spiro atoms. The zero-order chi connectivity index (χ0) is 14.8. The quantitative estimate of drug-likeness (QED) is 0.797. The molecule has 5 heteroatoms. The molecule has 1 aliphatic rings.